The number of aryl methyl sites for hydroxylation is 2. The highest BCUT2D eigenvalue weighted by Gasteiger charge is 2.19. The van der Waals surface area contributed by atoms with Crippen LogP contribution in [-0.2, 0) is 11.8 Å². The number of carbonyl (C=O) groups excluding carboxylic acids is 1. The van der Waals surface area contributed by atoms with Gasteiger partial charge in [-0.2, -0.15) is 0 Å². The van der Waals surface area contributed by atoms with Crippen LogP contribution in [0.5, 0.6) is 5.75 Å². The quantitative estimate of drug-likeness (QED) is 0.231. The zero-order valence-corrected chi connectivity index (χ0v) is 24.5. The minimum absolute atomic E-state index is 0.0729. The largest absolute Gasteiger partial charge is 0.493 e. The maximum atomic E-state index is 13.7. The minimum Gasteiger partial charge on any atom is -0.493 e. The number of amides is 1. The van der Waals surface area contributed by atoms with Crippen molar-refractivity contribution in [2.75, 3.05) is 12.4 Å². The van der Waals surface area contributed by atoms with Crippen molar-refractivity contribution in [1.29, 1.82) is 0 Å². The van der Waals surface area contributed by atoms with E-state index < -0.39 is 0 Å². The number of benzene rings is 3. The molecule has 7 heteroatoms. The number of carbonyl (C=O) groups is 1. The SMILES string of the molecule is CCc1sc(NC(=O)c2cc3cccc(OC)c3oc2=Nc2cccc(C)c2)nc1-c1ccc(C(C)(C)C)cc1. The first-order chi connectivity index (χ1) is 19.2. The molecule has 0 aliphatic carbocycles. The van der Waals surface area contributed by atoms with E-state index in [1.54, 1.807) is 13.2 Å². The zero-order valence-electron chi connectivity index (χ0n) is 23.7. The number of rotatable bonds is 6. The molecule has 2 aromatic heterocycles. The smallest absolute Gasteiger partial charge is 0.262 e. The van der Waals surface area contributed by atoms with E-state index >= 15 is 0 Å². The van der Waals surface area contributed by atoms with Crippen LogP contribution in [0.2, 0.25) is 0 Å². The van der Waals surface area contributed by atoms with Gasteiger partial charge in [0.15, 0.2) is 16.5 Å². The van der Waals surface area contributed by atoms with Crippen LogP contribution in [0.15, 0.2) is 82.2 Å². The molecule has 0 radical (unpaired) electrons. The second-order valence-corrected chi connectivity index (χ2v) is 11.8. The molecule has 0 spiro atoms. The summed E-state index contributed by atoms with van der Waals surface area (Å²) in [7, 11) is 1.59. The summed E-state index contributed by atoms with van der Waals surface area (Å²) >= 11 is 1.48. The Morgan fingerprint density at radius 3 is 2.48 bits per heavy atom. The van der Waals surface area contributed by atoms with Gasteiger partial charge in [0.25, 0.3) is 5.91 Å². The maximum Gasteiger partial charge on any atom is 0.262 e. The van der Waals surface area contributed by atoms with E-state index in [1.165, 1.54) is 16.9 Å². The highest BCUT2D eigenvalue weighted by atomic mass is 32.1. The molecule has 0 saturated heterocycles. The van der Waals surface area contributed by atoms with E-state index in [0.29, 0.717) is 27.7 Å². The van der Waals surface area contributed by atoms with Gasteiger partial charge in [-0.25, -0.2) is 9.98 Å². The van der Waals surface area contributed by atoms with E-state index in [9.17, 15) is 4.79 Å². The minimum atomic E-state index is -0.342. The van der Waals surface area contributed by atoms with Gasteiger partial charge in [-0.15, -0.1) is 11.3 Å². The van der Waals surface area contributed by atoms with Crippen LogP contribution in [0, 0.1) is 6.92 Å². The maximum absolute atomic E-state index is 13.7. The molecule has 5 rings (SSSR count). The molecule has 3 aromatic carbocycles. The number of ether oxygens (including phenoxy) is 1. The Labute approximate surface area is 238 Å². The van der Waals surface area contributed by atoms with E-state index in [1.807, 2.05) is 49.4 Å². The second kappa shape index (κ2) is 11.1. The summed E-state index contributed by atoms with van der Waals surface area (Å²) in [5.41, 5.74) is 6.04. The first-order valence-electron chi connectivity index (χ1n) is 13.3. The summed E-state index contributed by atoms with van der Waals surface area (Å²) < 4.78 is 11.7. The predicted molar refractivity (Wildman–Crippen MR) is 163 cm³/mol. The first-order valence-corrected chi connectivity index (χ1v) is 14.1. The molecule has 0 saturated carbocycles. The monoisotopic (exact) mass is 551 g/mol. The van der Waals surface area contributed by atoms with E-state index in [0.717, 1.165) is 33.5 Å². The first kappa shape index (κ1) is 27.3. The Balaban J connectivity index is 1.55. The summed E-state index contributed by atoms with van der Waals surface area (Å²) in [6.07, 6.45) is 0.808. The fourth-order valence-electron chi connectivity index (χ4n) is 4.51. The molecule has 0 bridgehead atoms. The number of fused-ring (bicyclic) bond motifs is 1. The van der Waals surface area contributed by atoms with Crippen molar-refractivity contribution in [1.82, 2.24) is 4.98 Å². The molecule has 0 aliphatic rings. The third-order valence-corrected chi connectivity index (χ3v) is 7.81. The Morgan fingerprint density at radius 1 is 1.05 bits per heavy atom. The molecular weight excluding hydrogens is 518 g/mol. The standard InChI is InChI=1S/C33H33N3O3S/c1-7-27-28(21-14-16-23(17-15-21)33(3,4)5)35-32(40-27)36-30(37)25-19-22-11-9-13-26(38-6)29(22)39-31(25)34-24-12-8-10-20(2)18-24/h8-19H,7H2,1-6H3,(H,35,36,37). The number of methoxy groups -OCH3 is 1. The van der Waals surface area contributed by atoms with Gasteiger partial charge in [-0.05, 0) is 54.2 Å². The number of hydrogen-bond acceptors (Lipinski definition) is 6. The third kappa shape index (κ3) is 5.70. The van der Waals surface area contributed by atoms with Crippen LogP contribution in [-0.4, -0.2) is 18.0 Å². The molecule has 5 aromatic rings. The fraction of sp³-hybridized carbons (Fsp3) is 0.242. The summed E-state index contributed by atoms with van der Waals surface area (Å²) in [5, 5.41) is 4.28. The molecule has 0 fully saturated rings. The van der Waals surface area contributed by atoms with E-state index in [2.05, 4.69) is 57.3 Å². The van der Waals surface area contributed by atoms with E-state index in [-0.39, 0.29) is 16.9 Å². The van der Waals surface area contributed by atoms with Gasteiger partial charge in [-0.1, -0.05) is 76.2 Å². The van der Waals surface area contributed by atoms with Gasteiger partial charge in [0.1, 0.15) is 5.56 Å². The predicted octanol–water partition coefficient (Wildman–Crippen LogP) is 8.22. The lowest BCUT2D eigenvalue weighted by atomic mass is 9.86. The third-order valence-electron chi connectivity index (χ3n) is 6.70. The molecule has 2 heterocycles. The van der Waals surface area contributed by atoms with Crippen molar-refractivity contribution >= 4 is 39.0 Å². The molecule has 0 unspecified atom stereocenters. The molecule has 1 N–H and O–H groups in total. The number of aromatic nitrogens is 1. The van der Waals surface area contributed by atoms with Crippen molar-refractivity contribution in [2.45, 2.75) is 46.5 Å². The Kier molecular flexibility index (Phi) is 7.59. The average molecular weight is 552 g/mol. The van der Waals surface area contributed by atoms with Gasteiger partial charge in [0.05, 0.1) is 18.5 Å². The molecule has 6 nitrogen and oxygen atoms in total. The number of hydrogen-bond donors (Lipinski definition) is 1. The van der Waals surface area contributed by atoms with Crippen molar-refractivity contribution in [3.63, 3.8) is 0 Å². The highest BCUT2D eigenvalue weighted by molar-refractivity contribution is 7.16. The molecule has 40 heavy (non-hydrogen) atoms. The highest BCUT2D eigenvalue weighted by Crippen LogP contribution is 2.33. The molecule has 1 amide bonds. The molecule has 0 aliphatic heterocycles. The summed E-state index contributed by atoms with van der Waals surface area (Å²) in [4.78, 5) is 24.3. The Hall–Kier alpha value is -4.23. The number of nitrogens with one attached hydrogen (secondary N) is 1. The number of nitrogens with zero attached hydrogens (tertiary/aromatic N) is 2. The lowest BCUT2D eigenvalue weighted by Gasteiger charge is -2.19. The van der Waals surface area contributed by atoms with Gasteiger partial charge in [0.2, 0.25) is 5.55 Å². The van der Waals surface area contributed by atoms with Crippen LogP contribution in [0.25, 0.3) is 22.2 Å². The lowest BCUT2D eigenvalue weighted by Crippen LogP contribution is -2.21. The Bertz CT molecular complexity index is 1760. The molecule has 204 valence electrons. The van der Waals surface area contributed by atoms with Crippen LogP contribution < -0.4 is 15.6 Å². The van der Waals surface area contributed by atoms with Crippen LogP contribution in [0.3, 0.4) is 0 Å². The van der Waals surface area contributed by atoms with Crippen molar-refractivity contribution < 1.29 is 13.9 Å². The van der Waals surface area contributed by atoms with Gasteiger partial charge < -0.3 is 9.15 Å². The topological polar surface area (TPSA) is 76.7 Å². The van der Waals surface area contributed by atoms with Crippen molar-refractivity contribution in [3.8, 4) is 17.0 Å². The van der Waals surface area contributed by atoms with Crippen LogP contribution in [0.1, 0.15) is 54.1 Å². The van der Waals surface area contributed by atoms with Crippen LogP contribution >= 0.6 is 11.3 Å². The van der Waals surface area contributed by atoms with Crippen molar-refractivity contribution in [2.24, 2.45) is 4.99 Å². The van der Waals surface area contributed by atoms with Crippen molar-refractivity contribution in [3.05, 3.63) is 99.9 Å². The summed E-state index contributed by atoms with van der Waals surface area (Å²) in [6, 6.07) is 23.6. The van der Waals surface area contributed by atoms with E-state index in [4.69, 9.17) is 19.1 Å². The normalized spacial score (nSPS) is 12.1. The van der Waals surface area contributed by atoms with Gasteiger partial charge in [-0.3, -0.25) is 10.1 Å². The van der Waals surface area contributed by atoms with Gasteiger partial charge >= 0.3 is 0 Å². The number of para-hydroxylation sites is 1. The molecule has 0 atom stereocenters. The average Bonchev–Trinajstić information content (AvgIpc) is 3.34. The van der Waals surface area contributed by atoms with Gasteiger partial charge in [0, 0.05) is 15.8 Å². The fourth-order valence-corrected chi connectivity index (χ4v) is 5.43. The number of thiazole rings is 1. The molecular formula is C33H33N3O3S. The number of anilines is 1. The summed E-state index contributed by atoms with van der Waals surface area (Å²) in [5.74, 6) is 0.227. The summed E-state index contributed by atoms with van der Waals surface area (Å²) in [6.45, 7) is 10.7. The van der Waals surface area contributed by atoms with Crippen LogP contribution in [0.4, 0.5) is 10.8 Å². The lowest BCUT2D eigenvalue weighted by molar-refractivity contribution is 0.102. The zero-order chi connectivity index (χ0) is 28.4. The second-order valence-electron chi connectivity index (χ2n) is 10.7. The Morgan fingerprint density at radius 2 is 1.80 bits per heavy atom.